The normalized spacial score (nSPS) is 10.8. The molecule has 0 bridgehead atoms. The summed E-state index contributed by atoms with van der Waals surface area (Å²) in [6, 6.07) is 6.10. The molecule has 0 saturated carbocycles. The number of nitrogens with zero attached hydrogens (tertiary/aromatic N) is 3. The largest absolute Gasteiger partial charge is 0.483 e. The fourth-order valence-corrected chi connectivity index (χ4v) is 1.97. The van der Waals surface area contributed by atoms with Crippen LogP contribution >= 0.6 is 0 Å². The van der Waals surface area contributed by atoms with Gasteiger partial charge in [0.2, 0.25) is 0 Å². The standard InChI is InChI=1S/C16H22N4O2/c1-11(2)13-6-5-12(3)14(7-13)22-9-16(21)17-8-15-19-18-10-20(15)4/h5-7,10-11H,8-9H2,1-4H3,(H,17,21). The monoisotopic (exact) mass is 302 g/mol. The lowest BCUT2D eigenvalue weighted by molar-refractivity contribution is -0.123. The predicted octanol–water partition coefficient (Wildman–Crippen LogP) is 1.94. The summed E-state index contributed by atoms with van der Waals surface area (Å²) in [7, 11) is 1.83. The first-order chi connectivity index (χ1) is 10.5. The van der Waals surface area contributed by atoms with Gasteiger partial charge in [0, 0.05) is 7.05 Å². The van der Waals surface area contributed by atoms with E-state index in [1.807, 2.05) is 26.1 Å². The zero-order valence-corrected chi connectivity index (χ0v) is 13.5. The molecule has 0 saturated heterocycles. The van der Waals surface area contributed by atoms with Gasteiger partial charge in [-0.3, -0.25) is 4.79 Å². The first kappa shape index (κ1) is 16.0. The quantitative estimate of drug-likeness (QED) is 0.885. The molecule has 0 radical (unpaired) electrons. The van der Waals surface area contributed by atoms with Crippen molar-refractivity contribution in [1.29, 1.82) is 0 Å². The van der Waals surface area contributed by atoms with Crippen LogP contribution in [0, 0.1) is 6.92 Å². The molecule has 1 heterocycles. The molecule has 0 spiro atoms. The summed E-state index contributed by atoms with van der Waals surface area (Å²) in [5, 5.41) is 10.4. The van der Waals surface area contributed by atoms with E-state index in [0.29, 0.717) is 18.3 Å². The summed E-state index contributed by atoms with van der Waals surface area (Å²) in [5.74, 6) is 1.69. The molecule has 1 aromatic carbocycles. The Morgan fingerprint density at radius 1 is 1.41 bits per heavy atom. The van der Waals surface area contributed by atoms with Crippen LogP contribution in [0.1, 0.15) is 36.7 Å². The van der Waals surface area contributed by atoms with Gasteiger partial charge in [-0.05, 0) is 30.0 Å². The Morgan fingerprint density at radius 3 is 2.82 bits per heavy atom. The number of aromatic nitrogens is 3. The number of hydrogen-bond donors (Lipinski definition) is 1. The van der Waals surface area contributed by atoms with Crippen molar-refractivity contribution in [3.8, 4) is 5.75 Å². The Hall–Kier alpha value is -2.37. The summed E-state index contributed by atoms with van der Waals surface area (Å²) < 4.78 is 7.40. The topological polar surface area (TPSA) is 69.0 Å². The molecular formula is C16H22N4O2. The maximum Gasteiger partial charge on any atom is 0.258 e. The number of nitrogens with one attached hydrogen (secondary N) is 1. The van der Waals surface area contributed by atoms with E-state index in [0.717, 1.165) is 11.3 Å². The lowest BCUT2D eigenvalue weighted by atomic mass is 10.0. The Morgan fingerprint density at radius 2 is 2.18 bits per heavy atom. The molecule has 6 nitrogen and oxygen atoms in total. The van der Waals surface area contributed by atoms with Gasteiger partial charge in [-0.2, -0.15) is 0 Å². The van der Waals surface area contributed by atoms with Gasteiger partial charge in [0.15, 0.2) is 12.4 Å². The van der Waals surface area contributed by atoms with E-state index in [1.54, 1.807) is 10.9 Å². The lowest BCUT2D eigenvalue weighted by Crippen LogP contribution is -2.29. The molecule has 2 rings (SSSR count). The highest BCUT2D eigenvalue weighted by atomic mass is 16.5. The zero-order chi connectivity index (χ0) is 16.1. The van der Waals surface area contributed by atoms with E-state index in [-0.39, 0.29) is 12.5 Å². The molecule has 22 heavy (non-hydrogen) atoms. The average Bonchev–Trinajstić information content (AvgIpc) is 2.89. The van der Waals surface area contributed by atoms with Crippen LogP contribution in [0.3, 0.4) is 0 Å². The number of hydrogen-bond acceptors (Lipinski definition) is 4. The molecule has 0 aliphatic heterocycles. The third-order valence-corrected chi connectivity index (χ3v) is 3.49. The van der Waals surface area contributed by atoms with Gasteiger partial charge in [0.1, 0.15) is 12.1 Å². The van der Waals surface area contributed by atoms with Crippen molar-refractivity contribution >= 4 is 5.91 Å². The minimum absolute atomic E-state index is 0.0137. The molecule has 0 atom stereocenters. The third kappa shape index (κ3) is 4.07. The van der Waals surface area contributed by atoms with E-state index in [4.69, 9.17) is 4.74 Å². The molecule has 0 unspecified atom stereocenters. The second-order valence-electron chi connectivity index (χ2n) is 5.60. The maximum atomic E-state index is 11.9. The van der Waals surface area contributed by atoms with Crippen LogP contribution in [-0.2, 0) is 18.4 Å². The fraction of sp³-hybridized carbons (Fsp3) is 0.438. The summed E-state index contributed by atoms with van der Waals surface area (Å²) in [4.78, 5) is 11.9. The minimum Gasteiger partial charge on any atom is -0.483 e. The molecule has 1 amide bonds. The van der Waals surface area contributed by atoms with Crippen LogP contribution in [0.15, 0.2) is 24.5 Å². The Kier molecular flexibility index (Phi) is 5.14. The smallest absolute Gasteiger partial charge is 0.258 e. The minimum atomic E-state index is -0.183. The van der Waals surface area contributed by atoms with Crippen molar-refractivity contribution < 1.29 is 9.53 Å². The van der Waals surface area contributed by atoms with Crippen LogP contribution < -0.4 is 10.1 Å². The number of benzene rings is 1. The molecular weight excluding hydrogens is 280 g/mol. The number of carbonyl (C=O) groups is 1. The van der Waals surface area contributed by atoms with Crippen LogP contribution in [0.5, 0.6) is 5.75 Å². The van der Waals surface area contributed by atoms with Gasteiger partial charge in [-0.25, -0.2) is 0 Å². The van der Waals surface area contributed by atoms with Gasteiger partial charge in [0.25, 0.3) is 5.91 Å². The van der Waals surface area contributed by atoms with Crippen LogP contribution in [0.25, 0.3) is 0 Å². The predicted molar refractivity (Wildman–Crippen MR) is 83.6 cm³/mol. The highest BCUT2D eigenvalue weighted by Crippen LogP contribution is 2.24. The van der Waals surface area contributed by atoms with Crippen molar-refractivity contribution in [2.45, 2.75) is 33.2 Å². The van der Waals surface area contributed by atoms with E-state index in [1.165, 1.54) is 5.56 Å². The first-order valence-corrected chi connectivity index (χ1v) is 7.30. The van der Waals surface area contributed by atoms with Crippen molar-refractivity contribution in [3.63, 3.8) is 0 Å². The van der Waals surface area contributed by atoms with Gasteiger partial charge < -0.3 is 14.6 Å². The molecule has 0 aliphatic carbocycles. The number of rotatable bonds is 6. The van der Waals surface area contributed by atoms with Gasteiger partial charge in [0.05, 0.1) is 6.54 Å². The van der Waals surface area contributed by atoms with Crippen LogP contribution in [-0.4, -0.2) is 27.3 Å². The second-order valence-corrected chi connectivity index (χ2v) is 5.60. The van der Waals surface area contributed by atoms with Gasteiger partial charge in [-0.15, -0.1) is 10.2 Å². The van der Waals surface area contributed by atoms with E-state index >= 15 is 0 Å². The molecule has 6 heteroatoms. The molecule has 0 fully saturated rings. The summed E-state index contributed by atoms with van der Waals surface area (Å²) in [5.41, 5.74) is 2.21. The fourth-order valence-electron chi connectivity index (χ4n) is 1.97. The Balaban J connectivity index is 1.88. The molecule has 118 valence electrons. The lowest BCUT2D eigenvalue weighted by Gasteiger charge is -2.12. The third-order valence-electron chi connectivity index (χ3n) is 3.49. The zero-order valence-electron chi connectivity index (χ0n) is 13.5. The molecule has 1 N–H and O–H groups in total. The second kappa shape index (κ2) is 7.06. The summed E-state index contributed by atoms with van der Waals surface area (Å²) in [6.45, 7) is 6.55. The summed E-state index contributed by atoms with van der Waals surface area (Å²) in [6.07, 6.45) is 1.60. The van der Waals surface area contributed by atoms with Crippen LogP contribution in [0.2, 0.25) is 0 Å². The SMILES string of the molecule is Cc1ccc(C(C)C)cc1OCC(=O)NCc1nncn1C. The maximum absolute atomic E-state index is 11.9. The van der Waals surface area contributed by atoms with Crippen LogP contribution in [0.4, 0.5) is 0 Å². The molecule has 2 aromatic rings. The van der Waals surface area contributed by atoms with Gasteiger partial charge >= 0.3 is 0 Å². The van der Waals surface area contributed by atoms with Crippen molar-refractivity contribution in [2.75, 3.05) is 6.61 Å². The van der Waals surface area contributed by atoms with Crippen molar-refractivity contribution in [2.24, 2.45) is 7.05 Å². The van der Waals surface area contributed by atoms with Crippen molar-refractivity contribution in [1.82, 2.24) is 20.1 Å². The number of amides is 1. The number of ether oxygens (including phenoxy) is 1. The number of carbonyl (C=O) groups excluding carboxylic acids is 1. The Labute approximate surface area is 130 Å². The van der Waals surface area contributed by atoms with Crippen molar-refractivity contribution in [3.05, 3.63) is 41.5 Å². The molecule has 0 aliphatic rings. The Bertz CT molecular complexity index is 649. The van der Waals surface area contributed by atoms with E-state index < -0.39 is 0 Å². The first-order valence-electron chi connectivity index (χ1n) is 7.30. The average molecular weight is 302 g/mol. The number of aryl methyl sites for hydroxylation is 2. The highest BCUT2D eigenvalue weighted by Gasteiger charge is 2.08. The van der Waals surface area contributed by atoms with Gasteiger partial charge in [-0.1, -0.05) is 26.0 Å². The summed E-state index contributed by atoms with van der Waals surface area (Å²) >= 11 is 0. The van der Waals surface area contributed by atoms with E-state index in [9.17, 15) is 4.79 Å². The molecule has 1 aromatic heterocycles. The van der Waals surface area contributed by atoms with E-state index in [2.05, 4.69) is 35.4 Å². The highest BCUT2D eigenvalue weighted by molar-refractivity contribution is 5.77.